The third-order valence-corrected chi connectivity index (χ3v) is 13.2. The van der Waals surface area contributed by atoms with Crippen LogP contribution < -0.4 is 11.5 Å². The lowest BCUT2D eigenvalue weighted by Crippen LogP contribution is -2.06. The van der Waals surface area contributed by atoms with Crippen molar-refractivity contribution in [3.05, 3.63) is 116 Å². The highest BCUT2D eigenvalue weighted by Crippen LogP contribution is 2.25. The number of alkyl halides is 1. The van der Waals surface area contributed by atoms with E-state index in [0.717, 1.165) is 36.2 Å². The number of unbranched alkanes of at least 4 members (excludes halogenated alkanes) is 15. The summed E-state index contributed by atoms with van der Waals surface area (Å²) < 4.78 is 0. The maximum atomic E-state index is 11.1. The van der Waals surface area contributed by atoms with Gasteiger partial charge in [-0.3, -0.25) is 4.79 Å². The molecule has 8 nitrogen and oxygen atoms in total. The summed E-state index contributed by atoms with van der Waals surface area (Å²) in [6.45, 7) is 9.27. The molecule has 0 bridgehead atoms. The van der Waals surface area contributed by atoms with Gasteiger partial charge < -0.3 is 16.6 Å². The quantitative estimate of drug-likeness (QED) is 0.0212. The second kappa shape index (κ2) is 41.8. The third kappa shape index (κ3) is 29.7. The number of nitrogens with two attached hydrogens (primary N) is 2. The Morgan fingerprint density at radius 2 is 0.985 bits per heavy atom. The molecule has 5 rings (SSSR count). The Labute approximate surface area is 432 Å². The van der Waals surface area contributed by atoms with E-state index in [-0.39, 0.29) is 12.4 Å². The number of halogens is 1. The van der Waals surface area contributed by atoms with E-state index in [2.05, 4.69) is 77.8 Å². The number of aromatic nitrogens is 2. The number of carbonyl (C=O) groups excluding carboxylic acids is 1. The van der Waals surface area contributed by atoms with Crippen molar-refractivity contribution in [1.82, 2.24) is 9.97 Å². The van der Waals surface area contributed by atoms with Gasteiger partial charge in [0.2, 0.25) is 0 Å². The minimum absolute atomic E-state index is 0.0273. The lowest BCUT2D eigenvalue weighted by Gasteiger charge is -2.00. The number of hydrogen-bond acceptors (Lipinski definition) is 10. The molecule has 0 atom stereocenters. The number of aliphatic hydroxyl groups is 1. The topological polar surface area (TPSA) is 163 Å². The van der Waals surface area contributed by atoms with Crippen molar-refractivity contribution >= 4 is 61.6 Å². The van der Waals surface area contributed by atoms with E-state index in [9.17, 15) is 4.79 Å². The highest BCUT2D eigenvalue weighted by atomic mass is 79.9. The zero-order valence-electron chi connectivity index (χ0n) is 41.5. The fourth-order valence-corrected chi connectivity index (χ4v) is 8.81. The summed E-state index contributed by atoms with van der Waals surface area (Å²) in [5, 5.41) is 32.0. The normalized spacial score (nSPS) is 10.1. The second-order valence-corrected chi connectivity index (χ2v) is 19.4. The molecule has 12 heteroatoms. The van der Waals surface area contributed by atoms with Gasteiger partial charge >= 0.3 is 0 Å². The molecule has 0 saturated heterocycles. The van der Waals surface area contributed by atoms with E-state index in [1.54, 1.807) is 53.9 Å². The minimum atomic E-state index is 0.0273. The number of benzene rings is 3. The average molecular weight is 1040 g/mol. The lowest BCUT2D eigenvalue weighted by molar-refractivity contribution is 0.102. The summed E-state index contributed by atoms with van der Waals surface area (Å²) in [6.07, 6.45) is 27.0. The van der Waals surface area contributed by atoms with Gasteiger partial charge in [-0.2, -0.15) is 10.5 Å². The fourth-order valence-electron chi connectivity index (χ4n) is 6.64. The molecule has 0 spiro atoms. The standard InChI is InChI=1S/C18H26N2S.C18H22N2S.C9H6BrNO.C9H19NS.C2H6O/c2*1-2-3-4-5-6-7-8-18-20-17(14-21-18)16-11-9-15(13-19)10-12-16;10-5-9(12)8-3-1-7(6-11)2-4-8;1-2-3-4-5-6-7-8-9(10)11;1-2-3/h9-12,14H,2-8,13,19H2,1H3;9-12,14H,2-8H2,1H3;1-4H,5H2;2-8H2,1H3,(H2,10,11);3H,2H2,1H3. The number of aliphatic hydroxyl groups excluding tert-OH is 1. The Balaban J connectivity index is 0.000000461. The number of carbonyl (C=O) groups is 1. The molecule has 2 aromatic heterocycles. The van der Waals surface area contributed by atoms with E-state index in [0.29, 0.717) is 33.6 Å². The van der Waals surface area contributed by atoms with Crippen LogP contribution in [0.3, 0.4) is 0 Å². The van der Waals surface area contributed by atoms with Gasteiger partial charge in [0.25, 0.3) is 0 Å². The summed E-state index contributed by atoms with van der Waals surface area (Å²) in [5.74, 6) is 0.0273. The van der Waals surface area contributed by atoms with Crippen LogP contribution in [0.1, 0.15) is 187 Å². The first kappa shape index (κ1) is 61.9. The molecule has 3 aromatic carbocycles. The van der Waals surface area contributed by atoms with Crippen LogP contribution in [0.2, 0.25) is 0 Å². The molecular formula is C56H79BrN6O2S3. The number of Topliss-reactive ketones (excluding diaryl/α,β-unsaturated/α-hetero) is 1. The van der Waals surface area contributed by atoms with Crippen molar-refractivity contribution in [2.75, 3.05) is 11.9 Å². The van der Waals surface area contributed by atoms with Crippen LogP contribution in [0, 0.1) is 22.7 Å². The molecule has 0 aliphatic heterocycles. The summed E-state index contributed by atoms with van der Waals surface area (Å²) >= 11 is 11.4. The summed E-state index contributed by atoms with van der Waals surface area (Å²) in [6, 6.07) is 26.8. The molecule has 0 amide bonds. The van der Waals surface area contributed by atoms with Crippen molar-refractivity contribution < 1.29 is 9.90 Å². The molecule has 0 aliphatic carbocycles. The molecule has 5 aromatic rings. The molecule has 0 saturated carbocycles. The van der Waals surface area contributed by atoms with Crippen LogP contribution in [0.4, 0.5) is 0 Å². The molecule has 5 N–H and O–H groups in total. The first-order valence-electron chi connectivity index (χ1n) is 24.8. The van der Waals surface area contributed by atoms with Crippen molar-refractivity contribution in [2.45, 2.75) is 169 Å². The molecule has 0 aliphatic rings. The minimum Gasteiger partial charge on any atom is -0.397 e. The number of nitrogens with zero attached hydrogens (tertiary/aromatic N) is 4. The van der Waals surface area contributed by atoms with Crippen molar-refractivity contribution in [3.8, 4) is 34.7 Å². The maximum absolute atomic E-state index is 11.1. The van der Waals surface area contributed by atoms with Crippen LogP contribution in [0.15, 0.2) is 83.6 Å². The van der Waals surface area contributed by atoms with Gasteiger partial charge in [0.05, 0.1) is 55.0 Å². The third-order valence-electron chi connectivity index (χ3n) is 10.6. The van der Waals surface area contributed by atoms with Crippen LogP contribution in [0.25, 0.3) is 22.5 Å². The first-order chi connectivity index (χ1) is 33.1. The molecule has 68 heavy (non-hydrogen) atoms. The number of ketones is 1. The summed E-state index contributed by atoms with van der Waals surface area (Å²) in [7, 11) is 0. The Morgan fingerprint density at radius 1 is 0.618 bits per heavy atom. The first-order valence-corrected chi connectivity index (χ1v) is 28.1. The number of thiazole rings is 2. The molecule has 0 radical (unpaired) electrons. The molecule has 0 fully saturated rings. The van der Waals surface area contributed by atoms with Crippen molar-refractivity contribution in [1.29, 1.82) is 10.5 Å². The van der Waals surface area contributed by atoms with Crippen molar-refractivity contribution in [3.63, 3.8) is 0 Å². The van der Waals surface area contributed by atoms with Gasteiger partial charge in [-0.05, 0) is 75.3 Å². The van der Waals surface area contributed by atoms with Crippen LogP contribution in [-0.4, -0.2) is 37.8 Å². The summed E-state index contributed by atoms with van der Waals surface area (Å²) in [4.78, 5) is 21.2. The Bertz CT molecular complexity index is 2110. The maximum Gasteiger partial charge on any atom is 0.173 e. The fraction of sp³-hybridized carbons (Fsp3) is 0.500. The molecule has 2 heterocycles. The lowest BCUT2D eigenvalue weighted by atomic mass is 10.1. The van der Waals surface area contributed by atoms with Gasteiger partial charge in [0.15, 0.2) is 5.78 Å². The monoisotopic (exact) mass is 1040 g/mol. The Morgan fingerprint density at radius 3 is 1.35 bits per heavy atom. The Kier molecular flexibility index (Phi) is 38.0. The van der Waals surface area contributed by atoms with Gasteiger partial charge in [-0.15, -0.1) is 22.7 Å². The van der Waals surface area contributed by atoms with Gasteiger partial charge in [-0.25, -0.2) is 9.97 Å². The van der Waals surface area contributed by atoms with E-state index >= 15 is 0 Å². The highest BCUT2D eigenvalue weighted by Gasteiger charge is 2.07. The van der Waals surface area contributed by atoms with Crippen LogP contribution in [-0.2, 0) is 19.4 Å². The zero-order valence-corrected chi connectivity index (χ0v) is 45.5. The molecular weight excluding hydrogens is 965 g/mol. The largest absolute Gasteiger partial charge is 0.397 e. The molecule has 0 unspecified atom stereocenters. The van der Waals surface area contributed by atoms with E-state index < -0.39 is 0 Å². The predicted molar refractivity (Wildman–Crippen MR) is 299 cm³/mol. The number of hydrogen-bond donors (Lipinski definition) is 3. The average Bonchev–Trinajstić information content (AvgIpc) is 4.06. The highest BCUT2D eigenvalue weighted by molar-refractivity contribution is 9.09. The Hall–Kier alpha value is -4.14. The van der Waals surface area contributed by atoms with Crippen LogP contribution >= 0.6 is 50.8 Å². The SMILES string of the molecule is CCCCCCCCC(N)=S.CCCCCCCCc1nc(-c2ccc(C#N)cc2)cs1.CCCCCCCCc1nc(-c2ccc(CN)cc2)cs1.CCO.N#Cc1ccc(C(=O)CBr)cc1. The summed E-state index contributed by atoms with van der Waals surface area (Å²) in [5.41, 5.74) is 18.5. The van der Waals surface area contributed by atoms with E-state index in [4.69, 9.17) is 49.3 Å². The smallest absolute Gasteiger partial charge is 0.173 e. The van der Waals surface area contributed by atoms with Crippen LogP contribution in [0.5, 0.6) is 0 Å². The number of thiocarbonyl (C=S) groups is 1. The van der Waals surface area contributed by atoms with Crippen molar-refractivity contribution in [2.24, 2.45) is 11.5 Å². The zero-order chi connectivity index (χ0) is 50.0. The van der Waals surface area contributed by atoms with E-state index in [1.165, 1.54) is 137 Å². The number of nitriles is 2. The predicted octanol–water partition coefficient (Wildman–Crippen LogP) is 15.9. The van der Waals surface area contributed by atoms with Gasteiger partial charge in [0, 0.05) is 40.6 Å². The van der Waals surface area contributed by atoms with Gasteiger partial charge in [0.1, 0.15) is 0 Å². The van der Waals surface area contributed by atoms with E-state index in [1.807, 2.05) is 30.3 Å². The molecule has 370 valence electrons. The number of rotatable bonds is 26. The number of aryl methyl sites for hydroxylation is 2. The van der Waals surface area contributed by atoms with Gasteiger partial charge in [-0.1, -0.05) is 194 Å². The second-order valence-electron chi connectivity index (χ2n) is 16.4.